The summed E-state index contributed by atoms with van der Waals surface area (Å²) < 4.78 is 0. The van der Waals surface area contributed by atoms with Crippen LogP contribution in [0, 0.1) is 0 Å². The first-order chi connectivity index (χ1) is 10.9. The van der Waals surface area contributed by atoms with Gasteiger partial charge in [0.25, 0.3) is 5.91 Å². The summed E-state index contributed by atoms with van der Waals surface area (Å²) in [5.74, 6) is -0.315. The smallest absolute Gasteiger partial charge is 0.316 e. The third-order valence-corrected chi connectivity index (χ3v) is 4.04. The van der Waals surface area contributed by atoms with E-state index in [9.17, 15) is 9.59 Å². The molecule has 0 unspecified atom stereocenters. The van der Waals surface area contributed by atoms with Gasteiger partial charge in [-0.05, 0) is 36.8 Å². The molecule has 0 aromatic heterocycles. The Hall–Kier alpha value is -2.24. The maximum absolute atomic E-state index is 12.3. The van der Waals surface area contributed by atoms with Gasteiger partial charge in [0.1, 0.15) is 0 Å². The summed E-state index contributed by atoms with van der Waals surface area (Å²) in [6.07, 6.45) is 0. The molecule has 120 valence electrons. The topological polar surface area (TPSA) is 84.2 Å². The van der Waals surface area contributed by atoms with E-state index in [-0.39, 0.29) is 17.0 Å². The van der Waals surface area contributed by atoms with Gasteiger partial charge in [-0.25, -0.2) is 4.79 Å². The zero-order valence-corrected chi connectivity index (χ0v) is 13.8. The van der Waals surface area contributed by atoms with Gasteiger partial charge in [-0.2, -0.15) is 0 Å². The van der Waals surface area contributed by atoms with Gasteiger partial charge in [-0.1, -0.05) is 41.4 Å². The molecular formula is C16H15Cl2N3O2. The van der Waals surface area contributed by atoms with E-state index < -0.39 is 6.03 Å². The van der Waals surface area contributed by atoms with E-state index in [0.717, 1.165) is 5.56 Å². The Labute approximate surface area is 143 Å². The van der Waals surface area contributed by atoms with Crippen LogP contribution in [-0.4, -0.2) is 11.9 Å². The Balaban J connectivity index is 2.09. The normalized spacial score (nSPS) is 11.6. The van der Waals surface area contributed by atoms with Crippen LogP contribution in [0.25, 0.3) is 0 Å². The molecule has 0 aliphatic carbocycles. The van der Waals surface area contributed by atoms with Crippen molar-refractivity contribution in [3.05, 3.63) is 63.6 Å². The number of rotatable bonds is 4. The molecule has 0 fully saturated rings. The predicted molar refractivity (Wildman–Crippen MR) is 92.0 cm³/mol. The second kappa shape index (κ2) is 7.35. The molecule has 0 radical (unpaired) electrons. The first kappa shape index (κ1) is 17.1. The second-order valence-corrected chi connectivity index (χ2v) is 5.69. The summed E-state index contributed by atoms with van der Waals surface area (Å²) in [5.41, 5.74) is 6.81. The van der Waals surface area contributed by atoms with E-state index in [1.54, 1.807) is 42.5 Å². The summed E-state index contributed by atoms with van der Waals surface area (Å²) in [6, 6.07) is 11.0. The number of anilines is 1. The van der Waals surface area contributed by atoms with Crippen molar-refractivity contribution >= 4 is 40.8 Å². The third kappa shape index (κ3) is 4.37. The highest BCUT2D eigenvalue weighted by molar-refractivity contribution is 6.43. The zero-order valence-electron chi connectivity index (χ0n) is 12.3. The lowest BCUT2D eigenvalue weighted by atomic mass is 10.1. The van der Waals surface area contributed by atoms with E-state index in [1.807, 2.05) is 6.92 Å². The van der Waals surface area contributed by atoms with Crippen LogP contribution in [0.15, 0.2) is 42.5 Å². The number of carbonyl (C=O) groups excluding carboxylic acids is 2. The van der Waals surface area contributed by atoms with Gasteiger partial charge in [0.15, 0.2) is 0 Å². The molecule has 0 saturated heterocycles. The average molecular weight is 352 g/mol. The van der Waals surface area contributed by atoms with Gasteiger partial charge in [-0.3, -0.25) is 4.79 Å². The third-order valence-electron chi connectivity index (χ3n) is 3.22. The van der Waals surface area contributed by atoms with Gasteiger partial charge < -0.3 is 16.4 Å². The van der Waals surface area contributed by atoms with Crippen LogP contribution in [-0.2, 0) is 0 Å². The fourth-order valence-electron chi connectivity index (χ4n) is 2.03. The summed E-state index contributed by atoms with van der Waals surface area (Å²) in [6.45, 7) is 1.84. The molecule has 2 aromatic rings. The summed E-state index contributed by atoms with van der Waals surface area (Å²) in [5, 5.41) is 5.87. The molecule has 23 heavy (non-hydrogen) atoms. The summed E-state index contributed by atoms with van der Waals surface area (Å²) in [7, 11) is 0. The lowest BCUT2D eigenvalue weighted by molar-refractivity contribution is 0.0940. The fraction of sp³-hybridized carbons (Fsp3) is 0.125. The molecular weight excluding hydrogens is 337 g/mol. The number of halogens is 2. The van der Waals surface area contributed by atoms with Crippen LogP contribution in [0.2, 0.25) is 10.0 Å². The molecule has 0 saturated carbocycles. The predicted octanol–water partition coefficient (Wildman–Crippen LogP) is 3.98. The van der Waals surface area contributed by atoms with Crippen molar-refractivity contribution in [2.24, 2.45) is 5.73 Å². The Kier molecular flexibility index (Phi) is 5.47. The quantitative estimate of drug-likeness (QED) is 0.778. The van der Waals surface area contributed by atoms with E-state index >= 15 is 0 Å². The standard InChI is InChI=1S/C16H15Cl2N3O2/c1-9(10-5-7-11(8-6-10)21-16(19)23)20-15(22)12-3-2-4-13(17)14(12)18/h2-9H,1H3,(H,20,22)(H3,19,21,23)/t9-/m0/s1. The van der Waals surface area contributed by atoms with Crippen molar-refractivity contribution in [1.29, 1.82) is 0 Å². The number of primary amides is 1. The lowest BCUT2D eigenvalue weighted by Crippen LogP contribution is -2.27. The van der Waals surface area contributed by atoms with Crippen molar-refractivity contribution in [3.8, 4) is 0 Å². The maximum Gasteiger partial charge on any atom is 0.316 e. The number of nitrogens with one attached hydrogen (secondary N) is 2. The minimum absolute atomic E-state index is 0.222. The monoisotopic (exact) mass is 351 g/mol. The zero-order chi connectivity index (χ0) is 17.0. The van der Waals surface area contributed by atoms with Crippen molar-refractivity contribution in [1.82, 2.24) is 5.32 Å². The van der Waals surface area contributed by atoms with Crippen molar-refractivity contribution in [3.63, 3.8) is 0 Å². The molecule has 0 aliphatic heterocycles. The molecule has 0 heterocycles. The molecule has 0 bridgehead atoms. The van der Waals surface area contributed by atoms with Crippen molar-refractivity contribution in [2.45, 2.75) is 13.0 Å². The minimum Gasteiger partial charge on any atom is -0.351 e. The van der Waals surface area contributed by atoms with Crippen LogP contribution in [0.4, 0.5) is 10.5 Å². The van der Waals surface area contributed by atoms with Crippen LogP contribution >= 0.6 is 23.2 Å². The van der Waals surface area contributed by atoms with Crippen molar-refractivity contribution in [2.75, 3.05) is 5.32 Å². The molecule has 0 spiro atoms. The number of hydrogen-bond acceptors (Lipinski definition) is 2. The van der Waals surface area contributed by atoms with E-state index in [0.29, 0.717) is 16.3 Å². The number of benzene rings is 2. The van der Waals surface area contributed by atoms with Gasteiger partial charge in [-0.15, -0.1) is 0 Å². The summed E-state index contributed by atoms with van der Waals surface area (Å²) in [4.78, 5) is 23.1. The lowest BCUT2D eigenvalue weighted by Gasteiger charge is -2.15. The summed E-state index contributed by atoms with van der Waals surface area (Å²) >= 11 is 12.0. The van der Waals surface area contributed by atoms with Crippen LogP contribution in [0.5, 0.6) is 0 Å². The molecule has 2 rings (SSSR count). The Morgan fingerprint density at radius 1 is 1.09 bits per heavy atom. The fourth-order valence-corrected chi connectivity index (χ4v) is 2.42. The van der Waals surface area contributed by atoms with Crippen LogP contribution < -0.4 is 16.4 Å². The Morgan fingerprint density at radius 2 is 1.74 bits per heavy atom. The van der Waals surface area contributed by atoms with E-state index in [4.69, 9.17) is 28.9 Å². The largest absolute Gasteiger partial charge is 0.351 e. The number of urea groups is 1. The van der Waals surface area contributed by atoms with Crippen LogP contribution in [0.1, 0.15) is 28.9 Å². The molecule has 2 aromatic carbocycles. The van der Waals surface area contributed by atoms with Crippen LogP contribution in [0.3, 0.4) is 0 Å². The highest BCUT2D eigenvalue weighted by Gasteiger charge is 2.15. The molecule has 4 N–H and O–H groups in total. The molecule has 1 atom stereocenters. The highest BCUT2D eigenvalue weighted by Crippen LogP contribution is 2.26. The molecule has 5 nitrogen and oxygen atoms in total. The molecule has 0 aliphatic rings. The van der Waals surface area contributed by atoms with Gasteiger partial charge in [0.2, 0.25) is 0 Å². The molecule has 7 heteroatoms. The number of carbonyl (C=O) groups is 2. The first-order valence-corrected chi connectivity index (χ1v) is 7.55. The average Bonchev–Trinajstić information content (AvgIpc) is 2.50. The minimum atomic E-state index is -0.630. The first-order valence-electron chi connectivity index (χ1n) is 6.79. The Morgan fingerprint density at radius 3 is 2.35 bits per heavy atom. The number of hydrogen-bond donors (Lipinski definition) is 3. The van der Waals surface area contributed by atoms with E-state index in [2.05, 4.69) is 10.6 Å². The SMILES string of the molecule is C[C@H](NC(=O)c1cccc(Cl)c1Cl)c1ccc(NC(N)=O)cc1. The van der Waals surface area contributed by atoms with Crippen molar-refractivity contribution < 1.29 is 9.59 Å². The number of amides is 3. The highest BCUT2D eigenvalue weighted by atomic mass is 35.5. The maximum atomic E-state index is 12.3. The van der Waals surface area contributed by atoms with Gasteiger partial charge in [0, 0.05) is 5.69 Å². The van der Waals surface area contributed by atoms with Gasteiger partial charge >= 0.3 is 6.03 Å². The van der Waals surface area contributed by atoms with Gasteiger partial charge in [0.05, 0.1) is 21.7 Å². The van der Waals surface area contributed by atoms with E-state index in [1.165, 1.54) is 0 Å². The molecule has 3 amide bonds. The number of nitrogens with two attached hydrogens (primary N) is 1. The Bertz CT molecular complexity index is 733. The second-order valence-electron chi connectivity index (χ2n) is 4.91.